The van der Waals surface area contributed by atoms with Gasteiger partial charge >= 0.3 is 5.97 Å². The molecule has 110 valence electrons. The molecule has 2 rings (SSSR count). The van der Waals surface area contributed by atoms with Crippen LogP contribution in [0.2, 0.25) is 5.02 Å². The number of carbonyl (C=O) groups excluding carboxylic acids is 1. The van der Waals surface area contributed by atoms with Crippen molar-refractivity contribution >= 4 is 23.3 Å². The Hall–Kier alpha value is -1.26. The molecule has 5 heteroatoms. The van der Waals surface area contributed by atoms with Gasteiger partial charge in [-0.15, -0.1) is 0 Å². The van der Waals surface area contributed by atoms with E-state index in [0.29, 0.717) is 16.6 Å². The normalized spacial score (nSPS) is 21.3. The number of anilines is 1. The first kappa shape index (κ1) is 15.1. The van der Waals surface area contributed by atoms with E-state index in [1.165, 1.54) is 7.11 Å². The van der Waals surface area contributed by atoms with Gasteiger partial charge in [0.15, 0.2) is 0 Å². The van der Waals surface area contributed by atoms with Crippen LogP contribution in [0.1, 0.15) is 37.0 Å². The maximum atomic E-state index is 11.6. The summed E-state index contributed by atoms with van der Waals surface area (Å²) in [6.07, 6.45) is 1.86. The van der Waals surface area contributed by atoms with Gasteiger partial charge in [0.25, 0.3) is 0 Å². The summed E-state index contributed by atoms with van der Waals surface area (Å²) in [5.41, 5.74) is 1.14. The largest absolute Gasteiger partial charge is 0.465 e. The zero-order chi connectivity index (χ0) is 14.8. The predicted octanol–water partition coefficient (Wildman–Crippen LogP) is 3.50. The van der Waals surface area contributed by atoms with Gasteiger partial charge < -0.3 is 14.8 Å². The second-order valence-electron chi connectivity index (χ2n) is 5.63. The van der Waals surface area contributed by atoms with E-state index in [1.807, 2.05) is 6.07 Å². The van der Waals surface area contributed by atoms with Crippen molar-refractivity contribution in [2.24, 2.45) is 0 Å². The number of carbonyl (C=O) groups is 1. The summed E-state index contributed by atoms with van der Waals surface area (Å²) in [5.74, 6) is -0.425. The molecule has 0 saturated carbocycles. The predicted molar refractivity (Wildman–Crippen MR) is 79.5 cm³/mol. The molecule has 1 fully saturated rings. The molecule has 0 spiro atoms. The lowest BCUT2D eigenvalue weighted by atomic mass is 9.94. The topological polar surface area (TPSA) is 47.6 Å². The number of esters is 1. The summed E-state index contributed by atoms with van der Waals surface area (Å²) in [6, 6.07) is 5.64. The number of hydrogen-bond acceptors (Lipinski definition) is 4. The zero-order valence-corrected chi connectivity index (χ0v) is 12.8. The van der Waals surface area contributed by atoms with E-state index in [-0.39, 0.29) is 5.60 Å². The Morgan fingerprint density at radius 3 is 2.90 bits per heavy atom. The first-order valence-electron chi connectivity index (χ1n) is 6.70. The molecule has 0 aliphatic carbocycles. The van der Waals surface area contributed by atoms with Crippen molar-refractivity contribution in [1.29, 1.82) is 0 Å². The minimum Gasteiger partial charge on any atom is -0.465 e. The van der Waals surface area contributed by atoms with Crippen molar-refractivity contribution in [2.45, 2.75) is 38.3 Å². The maximum Gasteiger partial charge on any atom is 0.339 e. The molecule has 0 radical (unpaired) electrons. The SMILES string of the molecule is COC(=O)c1cc(NC2CCOC(C)(C)C2)ccc1Cl. The van der Waals surface area contributed by atoms with Crippen LogP contribution in [-0.4, -0.2) is 31.3 Å². The molecule has 1 aromatic carbocycles. The molecular weight excluding hydrogens is 278 g/mol. The summed E-state index contributed by atoms with van der Waals surface area (Å²) in [5, 5.41) is 3.83. The van der Waals surface area contributed by atoms with Crippen LogP contribution in [0.25, 0.3) is 0 Å². The quantitative estimate of drug-likeness (QED) is 0.868. The van der Waals surface area contributed by atoms with E-state index < -0.39 is 5.97 Å². The molecule has 1 aliphatic rings. The summed E-state index contributed by atoms with van der Waals surface area (Å²) < 4.78 is 10.4. The third-order valence-electron chi connectivity index (χ3n) is 3.44. The van der Waals surface area contributed by atoms with Gasteiger partial charge in [-0.3, -0.25) is 0 Å². The number of rotatable bonds is 3. The van der Waals surface area contributed by atoms with Crippen LogP contribution in [0.3, 0.4) is 0 Å². The van der Waals surface area contributed by atoms with Crippen molar-refractivity contribution in [2.75, 3.05) is 19.0 Å². The van der Waals surface area contributed by atoms with Crippen LogP contribution in [0, 0.1) is 0 Å². The molecule has 20 heavy (non-hydrogen) atoms. The highest BCUT2D eigenvalue weighted by atomic mass is 35.5. The minimum atomic E-state index is -0.425. The minimum absolute atomic E-state index is 0.118. The smallest absolute Gasteiger partial charge is 0.339 e. The van der Waals surface area contributed by atoms with Gasteiger partial charge in [-0.25, -0.2) is 4.79 Å². The van der Waals surface area contributed by atoms with Gasteiger partial charge in [-0.05, 0) is 44.9 Å². The lowest BCUT2D eigenvalue weighted by Crippen LogP contribution is -2.40. The summed E-state index contributed by atoms with van der Waals surface area (Å²) in [7, 11) is 1.35. The van der Waals surface area contributed by atoms with Gasteiger partial charge in [0, 0.05) is 18.3 Å². The van der Waals surface area contributed by atoms with Crippen LogP contribution in [-0.2, 0) is 9.47 Å². The van der Waals surface area contributed by atoms with E-state index >= 15 is 0 Å². The van der Waals surface area contributed by atoms with Gasteiger partial charge in [0.1, 0.15) is 0 Å². The van der Waals surface area contributed by atoms with E-state index in [2.05, 4.69) is 19.2 Å². The molecule has 4 nitrogen and oxygen atoms in total. The number of benzene rings is 1. The molecule has 0 amide bonds. The van der Waals surface area contributed by atoms with E-state index in [4.69, 9.17) is 21.1 Å². The Morgan fingerprint density at radius 2 is 2.25 bits per heavy atom. The van der Waals surface area contributed by atoms with Crippen LogP contribution < -0.4 is 5.32 Å². The number of ether oxygens (including phenoxy) is 2. The maximum absolute atomic E-state index is 11.6. The van der Waals surface area contributed by atoms with Crippen molar-refractivity contribution < 1.29 is 14.3 Å². The first-order chi connectivity index (χ1) is 9.41. The molecule has 1 N–H and O–H groups in total. The molecule has 1 aliphatic heterocycles. The Labute approximate surface area is 124 Å². The number of halogens is 1. The summed E-state index contributed by atoms with van der Waals surface area (Å²) in [6.45, 7) is 4.91. The Bertz CT molecular complexity index is 502. The van der Waals surface area contributed by atoms with Crippen molar-refractivity contribution in [3.05, 3.63) is 28.8 Å². The van der Waals surface area contributed by atoms with Crippen LogP contribution in [0.5, 0.6) is 0 Å². The fraction of sp³-hybridized carbons (Fsp3) is 0.533. The molecule has 0 bridgehead atoms. The van der Waals surface area contributed by atoms with Gasteiger partial charge in [0.05, 0.1) is 23.3 Å². The average molecular weight is 298 g/mol. The van der Waals surface area contributed by atoms with E-state index in [1.54, 1.807) is 12.1 Å². The zero-order valence-electron chi connectivity index (χ0n) is 12.0. The lowest BCUT2D eigenvalue weighted by Gasteiger charge is -2.36. The van der Waals surface area contributed by atoms with E-state index in [0.717, 1.165) is 25.1 Å². The Balaban J connectivity index is 2.12. The number of hydrogen-bond donors (Lipinski definition) is 1. The molecule has 1 aromatic rings. The number of methoxy groups -OCH3 is 1. The fourth-order valence-corrected chi connectivity index (χ4v) is 2.67. The van der Waals surface area contributed by atoms with Crippen molar-refractivity contribution in [3.8, 4) is 0 Å². The van der Waals surface area contributed by atoms with E-state index in [9.17, 15) is 4.79 Å². The summed E-state index contributed by atoms with van der Waals surface area (Å²) in [4.78, 5) is 11.6. The highest BCUT2D eigenvalue weighted by Crippen LogP contribution is 2.28. The second kappa shape index (κ2) is 6.02. The molecule has 1 atom stereocenters. The molecule has 1 unspecified atom stereocenters. The summed E-state index contributed by atoms with van der Waals surface area (Å²) >= 11 is 6.01. The lowest BCUT2D eigenvalue weighted by molar-refractivity contribution is -0.0553. The van der Waals surface area contributed by atoms with Gasteiger partial charge in [0.2, 0.25) is 0 Å². The van der Waals surface area contributed by atoms with Crippen LogP contribution >= 0.6 is 11.6 Å². The van der Waals surface area contributed by atoms with Crippen LogP contribution in [0.4, 0.5) is 5.69 Å². The highest BCUT2D eigenvalue weighted by molar-refractivity contribution is 6.33. The first-order valence-corrected chi connectivity index (χ1v) is 7.07. The fourth-order valence-electron chi connectivity index (χ4n) is 2.47. The molecule has 1 saturated heterocycles. The Kier molecular flexibility index (Phi) is 4.55. The van der Waals surface area contributed by atoms with Crippen molar-refractivity contribution in [1.82, 2.24) is 0 Å². The molecule has 1 heterocycles. The van der Waals surface area contributed by atoms with Gasteiger partial charge in [-0.2, -0.15) is 0 Å². The van der Waals surface area contributed by atoms with Crippen molar-refractivity contribution in [3.63, 3.8) is 0 Å². The van der Waals surface area contributed by atoms with Crippen LogP contribution in [0.15, 0.2) is 18.2 Å². The highest BCUT2D eigenvalue weighted by Gasteiger charge is 2.28. The van der Waals surface area contributed by atoms with Gasteiger partial charge in [-0.1, -0.05) is 11.6 Å². The molecule has 0 aromatic heterocycles. The molecular formula is C15H20ClNO3. The standard InChI is InChI=1S/C15H20ClNO3/c1-15(2)9-11(6-7-20-15)17-10-4-5-13(16)12(8-10)14(18)19-3/h4-5,8,11,17H,6-7,9H2,1-3H3. The monoisotopic (exact) mass is 297 g/mol. The number of nitrogens with one attached hydrogen (secondary N) is 1. The average Bonchev–Trinajstić information content (AvgIpc) is 2.39. The Morgan fingerprint density at radius 1 is 1.50 bits per heavy atom. The third-order valence-corrected chi connectivity index (χ3v) is 3.77. The third kappa shape index (κ3) is 3.64. The second-order valence-corrected chi connectivity index (χ2v) is 6.04.